The first-order valence-electron chi connectivity index (χ1n) is 5.29. The van der Waals surface area contributed by atoms with Gasteiger partial charge in [0.2, 0.25) is 0 Å². The van der Waals surface area contributed by atoms with Crippen molar-refractivity contribution in [2.24, 2.45) is 0 Å². The van der Waals surface area contributed by atoms with Crippen LogP contribution in [0.1, 0.15) is 25.1 Å². The fraction of sp³-hybridized carbons (Fsp3) is 0.333. The number of benzene rings is 1. The van der Waals surface area contributed by atoms with Crippen LogP contribution in [-0.4, -0.2) is 20.1 Å². The summed E-state index contributed by atoms with van der Waals surface area (Å²) in [4.78, 5) is 0. The van der Waals surface area contributed by atoms with Crippen LogP contribution < -0.4 is 0 Å². The van der Waals surface area contributed by atoms with Gasteiger partial charge in [-0.2, -0.15) is 0 Å². The molecule has 0 saturated heterocycles. The third-order valence-corrected chi connectivity index (χ3v) is 3.14. The van der Waals surface area contributed by atoms with Crippen LogP contribution in [0.15, 0.2) is 28.9 Å². The SMILES string of the molecule is Cc1ccc(Br)c(-n2cc(C(C)(C)O)nn2)c1. The highest BCUT2D eigenvalue weighted by atomic mass is 79.9. The lowest BCUT2D eigenvalue weighted by molar-refractivity contribution is 0.0737. The zero-order chi connectivity index (χ0) is 12.6. The van der Waals surface area contributed by atoms with E-state index in [1.165, 1.54) is 0 Å². The molecule has 5 heteroatoms. The first-order chi connectivity index (χ1) is 7.88. The summed E-state index contributed by atoms with van der Waals surface area (Å²) >= 11 is 3.48. The summed E-state index contributed by atoms with van der Waals surface area (Å²) in [6.07, 6.45) is 1.74. The Bertz CT molecular complexity index is 543. The van der Waals surface area contributed by atoms with Crippen LogP contribution in [0.2, 0.25) is 0 Å². The Labute approximate surface area is 108 Å². The van der Waals surface area contributed by atoms with E-state index in [1.54, 1.807) is 24.7 Å². The number of rotatable bonds is 2. The molecule has 1 N–H and O–H groups in total. The molecule has 90 valence electrons. The third-order valence-electron chi connectivity index (χ3n) is 2.47. The minimum Gasteiger partial charge on any atom is -0.384 e. The smallest absolute Gasteiger partial charge is 0.114 e. The Hall–Kier alpha value is -1.20. The summed E-state index contributed by atoms with van der Waals surface area (Å²) in [6, 6.07) is 5.99. The van der Waals surface area contributed by atoms with Gasteiger partial charge in [-0.25, -0.2) is 4.68 Å². The molecule has 0 aliphatic carbocycles. The quantitative estimate of drug-likeness (QED) is 0.926. The van der Waals surface area contributed by atoms with Gasteiger partial charge >= 0.3 is 0 Å². The molecule has 1 aromatic heterocycles. The molecule has 0 radical (unpaired) electrons. The maximum atomic E-state index is 9.85. The van der Waals surface area contributed by atoms with Crippen molar-refractivity contribution < 1.29 is 5.11 Å². The molecule has 0 atom stereocenters. The predicted molar refractivity (Wildman–Crippen MR) is 69.0 cm³/mol. The average Bonchev–Trinajstić information content (AvgIpc) is 2.70. The molecule has 0 amide bonds. The summed E-state index contributed by atoms with van der Waals surface area (Å²) in [6.45, 7) is 5.39. The predicted octanol–water partition coefficient (Wildman–Crippen LogP) is 2.57. The highest BCUT2D eigenvalue weighted by molar-refractivity contribution is 9.10. The van der Waals surface area contributed by atoms with E-state index in [-0.39, 0.29) is 0 Å². The lowest BCUT2D eigenvalue weighted by Crippen LogP contribution is -2.15. The maximum Gasteiger partial charge on any atom is 0.114 e. The van der Waals surface area contributed by atoms with Gasteiger partial charge in [0.05, 0.1) is 11.9 Å². The van der Waals surface area contributed by atoms with Crippen molar-refractivity contribution in [1.29, 1.82) is 0 Å². The second kappa shape index (κ2) is 4.23. The van der Waals surface area contributed by atoms with Crippen LogP contribution in [0.5, 0.6) is 0 Å². The molecule has 17 heavy (non-hydrogen) atoms. The van der Waals surface area contributed by atoms with Gasteiger partial charge < -0.3 is 5.11 Å². The Balaban J connectivity index is 2.47. The van der Waals surface area contributed by atoms with Gasteiger partial charge in [-0.3, -0.25) is 0 Å². The van der Waals surface area contributed by atoms with E-state index in [2.05, 4.69) is 26.2 Å². The molecule has 0 spiro atoms. The molecule has 1 heterocycles. The minimum atomic E-state index is -0.978. The number of hydrogen-bond acceptors (Lipinski definition) is 3. The third kappa shape index (κ3) is 2.56. The fourth-order valence-electron chi connectivity index (χ4n) is 1.46. The molecule has 0 unspecified atom stereocenters. The normalized spacial score (nSPS) is 11.8. The number of aromatic nitrogens is 3. The van der Waals surface area contributed by atoms with Gasteiger partial charge in [-0.15, -0.1) is 5.10 Å². The second-order valence-electron chi connectivity index (χ2n) is 4.56. The number of aryl methyl sites for hydroxylation is 1. The van der Waals surface area contributed by atoms with E-state index in [0.717, 1.165) is 15.7 Å². The number of aliphatic hydroxyl groups is 1. The molecule has 4 nitrogen and oxygen atoms in total. The first-order valence-corrected chi connectivity index (χ1v) is 6.09. The Kier molecular flexibility index (Phi) is 3.05. The van der Waals surface area contributed by atoms with Crippen molar-refractivity contribution in [2.75, 3.05) is 0 Å². The lowest BCUT2D eigenvalue weighted by atomic mass is 10.1. The van der Waals surface area contributed by atoms with Crippen LogP contribution in [-0.2, 0) is 5.60 Å². The summed E-state index contributed by atoms with van der Waals surface area (Å²) in [5.74, 6) is 0. The van der Waals surface area contributed by atoms with Crippen molar-refractivity contribution in [3.8, 4) is 5.69 Å². The molecule has 1 aromatic carbocycles. The molecule has 0 fully saturated rings. The summed E-state index contributed by atoms with van der Waals surface area (Å²) in [5.41, 5.74) is 1.62. The van der Waals surface area contributed by atoms with E-state index in [1.807, 2.05) is 25.1 Å². The van der Waals surface area contributed by atoms with Gasteiger partial charge in [-0.05, 0) is 54.4 Å². The highest BCUT2D eigenvalue weighted by Gasteiger charge is 2.20. The highest BCUT2D eigenvalue weighted by Crippen LogP contribution is 2.23. The Morgan fingerprint density at radius 2 is 2.06 bits per heavy atom. The average molecular weight is 296 g/mol. The van der Waals surface area contributed by atoms with Crippen LogP contribution in [0.25, 0.3) is 5.69 Å². The topological polar surface area (TPSA) is 50.9 Å². The fourth-order valence-corrected chi connectivity index (χ4v) is 1.89. The number of nitrogens with zero attached hydrogens (tertiary/aromatic N) is 3. The zero-order valence-electron chi connectivity index (χ0n) is 9.98. The molecule has 0 saturated carbocycles. The van der Waals surface area contributed by atoms with Gasteiger partial charge in [0.25, 0.3) is 0 Å². The van der Waals surface area contributed by atoms with E-state index in [4.69, 9.17) is 0 Å². The molecular weight excluding hydrogens is 282 g/mol. The first kappa shape index (κ1) is 12.3. The number of hydrogen-bond donors (Lipinski definition) is 1. The van der Waals surface area contributed by atoms with E-state index in [0.29, 0.717) is 5.69 Å². The molecule has 2 rings (SSSR count). The Morgan fingerprint density at radius 3 is 2.65 bits per heavy atom. The second-order valence-corrected chi connectivity index (χ2v) is 5.42. The number of halogens is 1. The summed E-state index contributed by atoms with van der Waals surface area (Å²) in [7, 11) is 0. The molecular formula is C12H14BrN3O. The summed E-state index contributed by atoms with van der Waals surface area (Å²) < 4.78 is 2.60. The van der Waals surface area contributed by atoms with Crippen LogP contribution in [0, 0.1) is 6.92 Å². The van der Waals surface area contributed by atoms with Crippen molar-refractivity contribution in [1.82, 2.24) is 15.0 Å². The van der Waals surface area contributed by atoms with Crippen molar-refractivity contribution in [3.05, 3.63) is 40.1 Å². The molecule has 2 aromatic rings. The minimum absolute atomic E-state index is 0.547. The van der Waals surface area contributed by atoms with Crippen LogP contribution in [0.4, 0.5) is 0 Å². The van der Waals surface area contributed by atoms with E-state index in [9.17, 15) is 5.11 Å². The Morgan fingerprint density at radius 1 is 1.35 bits per heavy atom. The van der Waals surface area contributed by atoms with Crippen molar-refractivity contribution >= 4 is 15.9 Å². The van der Waals surface area contributed by atoms with Crippen molar-refractivity contribution in [2.45, 2.75) is 26.4 Å². The lowest BCUT2D eigenvalue weighted by Gasteiger charge is -2.12. The van der Waals surface area contributed by atoms with Crippen molar-refractivity contribution in [3.63, 3.8) is 0 Å². The van der Waals surface area contributed by atoms with E-state index >= 15 is 0 Å². The summed E-state index contributed by atoms with van der Waals surface area (Å²) in [5, 5.41) is 17.9. The molecule has 0 bridgehead atoms. The van der Waals surface area contributed by atoms with Gasteiger partial charge in [-0.1, -0.05) is 11.3 Å². The zero-order valence-corrected chi connectivity index (χ0v) is 11.6. The largest absolute Gasteiger partial charge is 0.384 e. The van der Waals surface area contributed by atoms with Crippen LogP contribution >= 0.6 is 15.9 Å². The maximum absolute atomic E-state index is 9.85. The van der Waals surface area contributed by atoms with Crippen LogP contribution in [0.3, 0.4) is 0 Å². The van der Waals surface area contributed by atoms with Gasteiger partial charge in [0.15, 0.2) is 0 Å². The monoisotopic (exact) mass is 295 g/mol. The van der Waals surface area contributed by atoms with Gasteiger partial charge in [0, 0.05) is 4.47 Å². The van der Waals surface area contributed by atoms with E-state index < -0.39 is 5.60 Å². The van der Waals surface area contributed by atoms with Gasteiger partial charge in [0.1, 0.15) is 11.3 Å². The molecule has 0 aliphatic heterocycles. The standard InChI is InChI=1S/C12H14BrN3O/c1-8-4-5-9(13)10(6-8)16-7-11(14-15-16)12(2,3)17/h4-7,17H,1-3H3. The molecule has 0 aliphatic rings.